The van der Waals surface area contributed by atoms with E-state index in [2.05, 4.69) is 21.2 Å². The molecule has 0 fully saturated rings. The van der Waals surface area contributed by atoms with Gasteiger partial charge in [-0.3, -0.25) is 15.8 Å². The maximum Gasteiger partial charge on any atom is 0.189 e. The van der Waals surface area contributed by atoms with Crippen molar-refractivity contribution in [3.63, 3.8) is 0 Å². The molecular formula is C12H12N4S. The highest BCUT2D eigenvalue weighted by molar-refractivity contribution is 7.80. The van der Waals surface area contributed by atoms with Crippen molar-refractivity contribution in [1.29, 1.82) is 0 Å². The topological polar surface area (TPSA) is 49.0 Å². The molecule has 0 aliphatic rings. The number of hydrazine groups is 1. The lowest BCUT2D eigenvalue weighted by Gasteiger charge is -2.11. The molecule has 0 spiro atoms. The van der Waals surface area contributed by atoms with Crippen LogP contribution < -0.4 is 16.2 Å². The van der Waals surface area contributed by atoms with Crippen molar-refractivity contribution in [3.8, 4) is 0 Å². The van der Waals surface area contributed by atoms with Gasteiger partial charge in [-0.25, -0.2) is 0 Å². The zero-order valence-corrected chi connectivity index (χ0v) is 9.87. The van der Waals surface area contributed by atoms with E-state index in [4.69, 9.17) is 12.2 Å². The number of nitrogens with one attached hydrogen (secondary N) is 3. The van der Waals surface area contributed by atoms with E-state index in [1.165, 1.54) is 0 Å². The van der Waals surface area contributed by atoms with Crippen molar-refractivity contribution in [2.24, 2.45) is 0 Å². The van der Waals surface area contributed by atoms with Crippen molar-refractivity contribution in [2.75, 3.05) is 10.7 Å². The Labute approximate surface area is 105 Å². The van der Waals surface area contributed by atoms with Crippen molar-refractivity contribution < 1.29 is 0 Å². The van der Waals surface area contributed by atoms with Crippen molar-refractivity contribution >= 4 is 28.7 Å². The van der Waals surface area contributed by atoms with Gasteiger partial charge in [-0.15, -0.1) is 0 Å². The molecule has 0 saturated heterocycles. The number of para-hydroxylation sites is 1. The molecule has 4 nitrogen and oxygen atoms in total. The Kier molecular flexibility index (Phi) is 3.88. The van der Waals surface area contributed by atoms with Crippen LogP contribution in [0.15, 0.2) is 54.9 Å². The van der Waals surface area contributed by atoms with Crippen molar-refractivity contribution in [3.05, 3.63) is 54.9 Å². The lowest BCUT2D eigenvalue weighted by Crippen LogP contribution is -2.33. The number of thiocarbonyl (C=S) groups is 1. The third-order valence-corrected chi connectivity index (χ3v) is 2.22. The number of benzene rings is 1. The minimum Gasteiger partial charge on any atom is -0.330 e. The summed E-state index contributed by atoms with van der Waals surface area (Å²) >= 11 is 5.12. The fourth-order valence-corrected chi connectivity index (χ4v) is 1.42. The second-order valence-corrected chi connectivity index (χ2v) is 3.72. The second kappa shape index (κ2) is 5.81. The van der Waals surface area contributed by atoms with Gasteiger partial charge < -0.3 is 5.32 Å². The van der Waals surface area contributed by atoms with Gasteiger partial charge >= 0.3 is 0 Å². The zero-order valence-electron chi connectivity index (χ0n) is 9.05. The maximum absolute atomic E-state index is 5.12. The van der Waals surface area contributed by atoms with Crippen LogP contribution in [0.1, 0.15) is 0 Å². The second-order valence-electron chi connectivity index (χ2n) is 3.31. The molecule has 86 valence electrons. The zero-order chi connectivity index (χ0) is 11.9. The highest BCUT2D eigenvalue weighted by Gasteiger charge is 1.96. The van der Waals surface area contributed by atoms with Gasteiger partial charge in [0.05, 0.1) is 17.6 Å². The van der Waals surface area contributed by atoms with Gasteiger partial charge in [0.2, 0.25) is 0 Å². The van der Waals surface area contributed by atoms with E-state index in [0.717, 1.165) is 11.4 Å². The number of anilines is 2. The van der Waals surface area contributed by atoms with Crippen molar-refractivity contribution in [1.82, 2.24) is 10.4 Å². The maximum atomic E-state index is 5.12. The summed E-state index contributed by atoms with van der Waals surface area (Å²) in [6.45, 7) is 0. The minimum atomic E-state index is 0.488. The first-order chi connectivity index (χ1) is 8.34. The van der Waals surface area contributed by atoms with Gasteiger partial charge in [0.15, 0.2) is 5.11 Å². The van der Waals surface area contributed by atoms with Crippen LogP contribution >= 0.6 is 12.2 Å². The molecule has 0 radical (unpaired) electrons. The van der Waals surface area contributed by atoms with Crippen LogP contribution in [0, 0.1) is 0 Å². The van der Waals surface area contributed by atoms with Crippen LogP contribution in [0.25, 0.3) is 0 Å². The molecular weight excluding hydrogens is 232 g/mol. The van der Waals surface area contributed by atoms with E-state index in [1.807, 2.05) is 42.5 Å². The van der Waals surface area contributed by atoms with E-state index in [1.54, 1.807) is 12.4 Å². The third kappa shape index (κ3) is 3.73. The Bertz CT molecular complexity index is 472. The molecule has 0 bridgehead atoms. The number of hydrogen-bond donors (Lipinski definition) is 3. The summed E-state index contributed by atoms with van der Waals surface area (Å²) < 4.78 is 0. The van der Waals surface area contributed by atoms with Gasteiger partial charge in [0, 0.05) is 6.20 Å². The van der Waals surface area contributed by atoms with Crippen LogP contribution in [0.2, 0.25) is 0 Å². The van der Waals surface area contributed by atoms with Crippen LogP contribution in [-0.2, 0) is 0 Å². The summed E-state index contributed by atoms with van der Waals surface area (Å²) in [7, 11) is 0. The molecule has 2 aromatic rings. The normalized spacial score (nSPS) is 9.41. The SMILES string of the molecule is S=C(NNc1ccccc1)Nc1cccnc1. The molecule has 2 rings (SSSR count). The number of pyridine rings is 1. The van der Waals surface area contributed by atoms with E-state index >= 15 is 0 Å². The predicted octanol–water partition coefficient (Wildman–Crippen LogP) is 2.40. The summed E-state index contributed by atoms with van der Waals surface area (Å²) in [5.74, 6) is 0. The minimum absolute atomic E-state index is 0.488. The standard InChI is InChI=1S/C12H12N4S/c17-12(14-11-7-4-8-13-9-11)16-15-10-5-2-1-3-6-10/h1-9,15H,(H2,14,16,17). The van der Waals surface area contributed by atoms with E-state index in [9.17, 15) is 0 Å². The average Bonchev–Trinajstić information content (AvgIpc) is 2.39. The van der Waals surface area contributed by atoms with E-state index in [0.29, 0.717) is 5.11 Å². The fourth-order valence-electron chi connectivity index (χ4n) is 1.25. The van der Waals surface area contributed by atoms with Crippen LogP contribution in [0.3, 0.4) is 0 Å². The van der Waals surface area contributed by atoms with E-state index < -0.39 is 0 Å². The number of aromatic nitrogens is 1. The predicted molar refractivity (Wildman–Crippen MR) is 73.7 cm³/mol. The molecule has 0 aliphatic carbocycles. The molecule has 3 N–H and O–H groups in total. The fraction of sp³-hybridized carbons (Fsp3) is 0. The highest BCUT2D eigenvalue weighted by Crippen LogP contribution is 2.04. The molecule has 0 atom stereocenters. The summed E-state index contributed by atoms with van der Waals surface area (Å²) in [6.07, 6.45) is 3.42. The Morgan fingerprint density at radius 2 is 1.76 bits per heavy atom. The third-order valence-electron chi connectivity index (χ3n) is 2.01. The Hall–Kier alpha value is -2.14. The number of rotatable bonds is 3. The Morgan fingerprint density at radius 1 is 1.00 bits per heavy atom. The molecule has 0 saturated carbocycles. The smallest absolute Gasteiger partial charge is 0.189 e. The van der Waals surface area contributed by atoms with Gasteiger partial charge in [-0.1, -0.05) is 18.2 Å². The van der Waals surface area contributed by atoms with Crippen LogP contribution in [0.5, 0.6) is 0 Å². The van der Waals surface area contributed by atoms with Gasteiger partial charge in [0.1, 0.15) is 0 Å². The summed E-state index contributed by atoms with van der Waals surface area (Å²) in [5.41, 5.74) is 7.67. The molecule has 0 aliphatic heterocycles. The first-order valence-electron chi connectivity index (χ1n) is 5.13. The lowest BCUT2D eigenvalue weighted by molar-refractivity contribution is 1.14. The Balaban J connectivity index is 1.83. The summed E-state index contributed by atoms with van der Waals surface area (Å²) in [5, 5.41) is 3.50. The first-order valence-corrected chi connectivity index (χ1v) is 5.53. The summed E-state index contributed by atoms with van der Waals surface area (Å²) in [6, 6.07) is 13.5. The van der Waals surface area contributed by atoms with E-state index in [-0.39, 0.29) is 0 Å². The highest BCUT2D eigenvalue weighted by atomic mass is 32.1. The first kappa shape index (κ1) is 11.3. The number of nitrogens with zero attached hydrogens (tertiary/aromatic N) is 1. The Morgan fingerprint density at radius 3 is 2.47 bits per heavy atom. The summed E-state index contributed by atoms with van der Waals surface area (Å²) in [4.78, 5) is 3.99. The molecule has 1 aromatic carbocycles. The monoisotopic (exact) mass is 244 g/mol. The van der Waals surface area contributed by atoms with Gasteiger partial charge in [-0.2, -0.15) is 0 Å². The molecule has 17 heavy (non-hydrogen) atoms. The number of hydrogen-bond acceptors (Lipinski definition) is 3. The molecule has 0 unspecified atom stereocenters. The van der Waals surface area contributed by atoms with Gasteiger partial charge in [-0.05, 0) is 36.5 Å². The molecule has 1 heterocycles. The molecule has 1 aromatic heterocycles. The van der Waals surface area contributed by atoms with Crippen LogP contribution in [0.4, 0.5) is 11.4 Å². The van der Waals surface area contributed by atoms with Crippen LogP contribution in [-0.4, -0.2) is 10.1 Å². The lowest BCUT2D eigenvalue weighted by atomic mass is 10.3. The average molecular weight is 244 g/mol. The quantitative estimate of drug-likeness (QED) is 0.572. The largest absolute Gasteiger partial charge is 0.330 e. The molecule has 0 amide bonds. The van der Waals surface area contributed by atoms with Crippen molar-refractivity contribution in [2.45, 2.75) is 0 Å². The van der Waals surface area contributed by atoms with Gasteiger partial charge in [0.25, 0.3) is 0 Å². The molecule has 5 heteroatoms.